The summed E-state index contributed by atoms with van der Waals surface area (Å²) in [4.78, 5) is 13.0. The summed E-state index contributed by atoms with van der Waals surface area (Å²) in [5.41, 5.74) is 1.14. The molecule has 0 aliphatic rings. The van der Waals surface area contributed by atoms with E-state index in [9.17, 15) is 4.79 Å². The molecular weight excluding hydrogens is 192 g/mol. The lowest BCUT2D eigenvalue weighted by Crippen LogP contribution is -1.83. The van der Waals surface area contributed by atoms with E-state index in [1.807, 2.05) is 36.4 Å². The molecule has 0 bridgehead atoms. The van der Waals surface area contributed by atoms with Crippen molar-refractivity contribution in [2.45, 2.75) is 6.92 Å². The summed E-state index contributed by atoms with van der Waals surface area (Å²) in [7, 11) is 0. The van der Waals surface area contributed by atoms with Crippen LogP contribution in [-0.2, 0) is 0 Å². The Bertz CT molecular complexity index is 442. The average molecular weight is 201 g/mol. The van der Waals surface area contributed by atoms with E-state index in [2.05, 4.69) is 6.07 Å². The van der Waals surface area contributed by atoms with Crippen LogP contribution in [0.2, 0.25) is 0 Å². The largest absolute Gasteiger partial charge is 0.294 e. The number of thiophene rings is 1. The summed E-state index contributed by atoms with van der Waals surface area (Å²) in [5.74, 6) is 0.128. The van der Waals surface area contributed by atoms with E-state index in [0.29, 0.717) is 0 Å². The lowest BCUT2D eigenvalue weighted by Gasteiger charge is -1.93. The molecule has 1 nitrogen and oxygen atoms in total. The van der Waals surface area contributed by atoms with Crippen molar-refractivity contribution in [1.29, 1.82) is 0 Å². The molecule has 0 spiro atoms. The van der Waals surface area contributed by atoms with Gasteiger partial charge in [-0.05, 0) is 30.7 Å². The van der Waals surface area contributed by atoms with Gasteiger partial charge in [0.05, 0.1) is 4.88 Å². The number of ketones is 1. The molecule has 0 atom stereocenters. The van der Waals surface area contributed by atoms with Gasteiger partial charge in [-0.1, -0.05) is 24.3 Å². The van der Waals surface area contributed by atoms with Crippen molar-refractivity contribution in [1.82, 2.24) is 0 Å². The fourth-order valence-corrected chi connectivity index (χ4v) is 2.14. The van der Waals surface area contributed by atoms with Crippen LogP contribution in [0.1, 0.15) is 16.6 Å². The molecular formula is C12H9OS. The van der Waals surface area contributed by atoms with E-state index in [-0.39, 0.29) is 5.78 Å². The van der Waals surface area contributed by atoms with E-state index in [1.54, 1.807) is 6.92 Å². The molecule has 0 aliphatic carbocycles. The first-order chi connectivity index (χ1) is 6.77. The number of Topliss-reactive ketones (excluding diaryl/α,β-unsaturated/α-hetero) is 1. The highest BCUT2D eigenvalue weighted by Gasteiger charge is 2.04. The third-order valence-electron chi connectivity index (χ3n) is 1.96. The van der Waals surface area contributed by atoms with Crippen molar-refractivity contribution in [3.05, 3.63) is 47.3 Å². The van der Waals surface area contributed by atoms with Gasteiger partial charge in [-0.3, -0.25) is 4.79 Å². The average Bonchev–Trinajstić information content (AvgIpc) is 2.68. The number of carbonyl (C=O) groups is 1. The quantitative estimate of drug-likeness (QED) is 0.680. The molecule has 69 valence electrons. The van der Waals surface area contributed by atoms with Crippen molar-refractivity contribution < 1.29 is 4.79 Å². The Morgan fingerprint density at radius 3 is 2.50 bits per heavy atom. The Morgan fingerprint density at radius 2 is 1.93 bits per heavy atom. The van der Waals surface area contributed by atoms with Gasteiger partial charge in [0.15, 0.2) is 5.78 Å². The molecule has 1 heterocycles. The van der Waals surface area contributed by atoms with Crippen molar-refractivity contribution in [3.8, 4) is 10.4 Å². The van der Waals surface area contributed by atoms with Gasteiger partial charge in [-0.15, -0.1) is 11.3 Å². The van der Waals surface area contributed by atoms with Gasteiger partial charge in [0.25, 0.3) is 0 Å². The van der Waals surface area contributed by atoms with E-state index >= 15 is 0 Å². The zero-order valence-electron chi connectivity index (χ0n) is 7.78. The smallest absolute Gasteiger partial charge is 0.169 e. The van der Waals surface area contributed by atoms with E-state index in [4.69, 9.17) is 0 Å². The van der Waals surface area contributed by atoms with Gasteiger partial charge in [-0.2, -0.15) is 0 Å². The minimum absolute atomic E-state index is 0.128. The monoisotopic (exact) mass is 201 g/mol. The van der Waals surface area contributed by atoms with Gasteiger partial charge in [0.2, 0.25) is 0 Å². The molecule has 1 radical (unpaired) electrons. The van der Waals surface area contributed by atoms with Gasteiger partial charge in [0, 0.05) is 4.88 Å². The van der Waals surface area contributed by atoms with Crippen LogP contribution in [0.25, 0.3) is 10.4 Å². The van der Waals surface area contributed by atoms with Crippen LogP contribution >= 0.6 is 11.3 Å². The van der Waals surface area contributed by atoms with Crippen LogP contribution in [0.3, 0.4) is 0 Å². The van der Waals surface area contributed by atoms with Crippen LogP contribution < -0.4 is 0 Å². The van der Waals surface area contributed by atoms with Gasteiger partial charge in [0.1, 0.15) is 0 Å². The number of carbonyl (C=O) groups excluding carboxylic acids is 1. The topological polar surface area (TPSA) is 17.1 Å². The van der Waals surface area contributed by atoms with Crippen LogP contribution in [0, 0.1) is 6.07 Å². The molecule has 1 aromatic heterocycles. The third-order valence-corrected chi connectivity index (χ3v) is 3.19. The molecule has 2 heteroatoms. The van der Waals surface area contributed by atoms with Crippen LogP contribution in [0.4, 0.5) is 0 Å². The van der Waals surface area contributed by atoms with Gasteiger partial charge >= 0.3 is 0 Å². The zero-order valence-corrected chi connectivity index (χ0v) is 8.60. The maximum atomic E-state index is 11.1. The van der Waals surface area contributed by atoms with Gasteiger partial charge in [-0.25, -0.2) is 0 Å². The minimum Gasteiger partial charge on any atom is -0.294 e. The Labute approximate surface area is 87.0 Å². The van der Waals surface area contributed by atoms with Crippen molar-refractivity contribution >= 4 is 17.1 Å². The molecule has 0 fully saturated rings. The van der Waals surface area contributed by atoms with Crippen molar-refractivity contribution in [3.63, 3.8) is 0 Å². The Balaban J connectivity index is 2.39. The number of benzene rings is 1. The van der Waals surface area contributed by atoms with Crippen molar-refractivity contribution in [2.75, 3.05) is 0 Å². The summed E-state index contributed by atoms with van der Waals surface area (Å²) >= 11 is 1.53. The van der Waals surface area contributed by atoms with Crippen LogP contribution in [-0.4, -0.2) is 5.78 Å². The minimum atomic E-state index is 0.128. The second-order valence-electron chi connectivity index (χ2n) is 3.01. The fraction of sp³-hybridized carbons (Fsp3) is 0.0833. The molecule has 0 N–H and O–H groups in total. The van der Waals surface area contributed by atoms with E-state index in [0.717, 1.165) is 15.3 Å². The Hall–Kier alpha value is -1.41. The second-order valence-corrected chi connectivity index (χ2v) is 4.09. The van der Waals surface area contributed by atoms with E-state index in [1.165, 1.54) is 11.3 Å². The SMILES string of the molecule is CC(=O)c1ccc(-c2cc[c]cc2)s1. The molecule has 0 amide bonds. The summed E-state index contributed by atoms with van der Waals surface area (Å²) in [6.07, 6.45) is 0. The second kappa shape index (κ2) is 3.76. The molecule has 0 unspecified atom stereocenters. The van der Waals surface area contributed by atoms with Crippen LogP contribution in [0.15, 0.2) is 36.4 Å². The highest BCUT2D eigenvalue weighted by Crippen LogP contribution is 2.27. The third kappa shape index (κ3) is 1.75. The molecule has 2 aromatic rings. The Morgan fingerprint density at radius 1 is 1.21 bits per heavy atom. The van der Waals surface area contributed by atoms with Crippen molar-refractivity contribution in [2.24, 2.45) is 0 Å². The summed E-state index contributed by atoms with van der Waals surface area (Å²) in [6.45, 7) is 1.59. The first-order valence-electron chi connectivity index (χ1n) is 4.34. The number of rotatable bonds is 2. The summed E-state index contributed by atoms with van der Waals surface area (Å²) in [6, 6.07) is 14.6. The predicted molar refractivity (Wildman–Crippen MR) is 58.6 cm³/mol. The lowest BCUT2D eigenvalue weighted by atomic mass is 10.2. The highest BCUT2D eigenvalue weighted by molar-refractivity contribution is 7.17. The molecule has 0 saturated carbocycles. The number of hydrogen-bond donors (Lipinski definition) is 0. The highest BCUT2D eigenvalue weighted by atomic mass is 32.1. The predicted octanol–water partition coefficient (Wildman–Crippen LogP) is 3.42. The molecule has 1 aromatic carbocycles. The standard InChI is InChI=1S/C12H9OS/c1-9(13)11-7-8-12(14-11)10-5-3-2-4-6-10/h3-8H,1H3. The molecule has 2 rings (SSSR count). The maximum Gasteiger partial charge on any atom is 0.169 e. The fourth-order valence-electron chi connectivity index (χ4n) is 1.23. The first-order valence-corrected chi connectivity index (χ1v) is 5.16. The maximum absolute atomic E-state index is 11.1. The number of hydrogen-bond acceptors (Lipinski definition) is 2. The normalized spacial score (nSPS) is 10.1. The molecule has 0 saturated heterocycles. The lowest BCUT2D eigenvalue weighted by molar-refractivity contribution is 0.102. The molecule has 0 aliphatic heterocycles. The van der Waals surface area contributed by atoms with E-state index < -0.39 is 0 Å². The first kappa shape index (κ1) is 9.16. The Kier molecular flexibility index (Phi) is 2.46. The van der Waals surface area contributed by atoms with Gasteiger partial charge < -0.3 is 0 Å². The zero-order chi connectivity index (χ0) is 9.97. The molecule has 14 heavy (non-hydrogen) atoms. The van der Waals surface area contributed by atoms with Crippen LogP contribution in [0.5, 0.6) is 0 Å². The summed E-state index contributed by atoms with van der Waals surface area (Å²) in [5, 5.41) is 0. The summed E-state index contributed by atoms with van der Waals surface area (Å²) < 4.78 is 0.